The van der Waals surface area contributed by atoms with E-state index < -0.39 is 0 Å². The topological polar surface area (TPSA) is 91.1 Å². The smallest absolute Gasteiger partial charge is 0.242 e. The van der Waals surface area contributed by atoms with Crippen molar-refractivity contribution in [3.8, 4) is 0 Å². The maximum Gasteiger partial charge on any atom is 0.242 e. The van der Waals surface area contributed by atoms with Gasteiger partial charge < -0.3 is 9.80 Å². The van der Waals surface area contributed by atoms with E-state index in [9.17, 15) is 14.4 Å². The number of carbonyl (C=O) groups excluding carboxylic acids is 3. The Kier molecular flexibility index (Phi) is 4.44. The minimum atomic E-state index is -0.247. The average molecular weight is 396 g/mol. The highest BCUT2D eigenvalue weighted by Gasteiger charge is 2.33. The van der Waals surface area contributed by atoms with Crippen molar-refractivity contribution in [2.45, 2.75) is 38.5 Å². The van der Waals surface area contributed by atoms with Crippen LogP contribution in [0.1, 0.15) is 36.9 Å². The summed E-state index contributed by atoms with van der Waals surface area (Å²) in [6, 6.07) is 0. The minimum Gasteiger partial charge on any atom is -0.351 e. The molecule has 2 aliphatic heterocycles. The van der Waals surface area contributed by atoms with Crippen molar-refractivity contribution in [1.82, 2.24) is 24.4 Å². The lowest BCUT2D eigenvalue weighted by atomic mass is 9.97. The van der Waals surface area contributed by atoms with Gasteiger partial charge in [0.25, 0.3) is 0 Å². The Bertz CT molecular complexity index is 976. The highest BCUT2D eigenvalue weighted by atomic mass is 16.2. The summed E-state index contributed by atoms with van der Waals surface area (Å²) in [5.74, 6) is 0.271. The van der Waals surface area contributed by atoms with Crippen LogP contribution < -0.4 is 4.90 Å². The Hall–Kier alpha value is -2.97. The molecular formula is C20H24N6O3. The third kappa shape index (κ3) is 3.14. The van der Waals surface area contributed by atoms with Gasteiger partial charge in [0.15, 0.2) is 5.82 Å². The molecule has 152 valence electrons. The SMILES string of the molecule is O=C(CN1C(=O)CCC1=O)N1CCN(c2nccn3nc4c(c23)CCCC4)CC1. The Morgan fingerprint density at radius 3 is 2.45 bits per heavy atom. The maximum atomic E-state index is 12.6. The zero-order chi connectivity index (χ0) is 20.0. The first-order chi connectivity index (χ1) is 14.1. The van der Waals surface area contributed by atoms with Crippen molar-refractivity contribution in [3.63, 3.8) is 0 Å². The molecule has 29 heavy (non-hydrogen) atoms. The van der Waals surface area contributed by atoms with E-state index >= 15 is 0 Å². The third-order valence-corrected chi connectivity index (χ3v) is 6.18. The Balaban J connectivity index is 1.30. The first kappa shape index (κ1) is 18.1. The second kappa shape index (κ2) is 7.13. The summed E-state index contributed by atoms with van der Waals surface area (Å²) < 4.78 is 1.94. The van der Waals surface area contributed by atoms with Crippen LogP contribution in [-0.4, -0.2) is 74.8 Å². The molecule has 2 saturated heterocycles. The Labute approximate surface area is 168 Å². The zero-order valence-corrected chi connectivity index (χ0v) is 16.3. The van der Waals surface area contributed by atoms with Gasteiger partial charge in [-0.15, -0.1) is 0 Å². The molecule has 9 heteroatoms. The predicted molar refractivity (Wildman–Crippen MR) is 104 cm³/mol. The van der Waals surface area contributed by atoms with Crippen LogP contribution in [0, 0.1) is 0 Å². The van der Waals surface area contributed by atoms with Gasteiger partial charge in [-0.1, -0.05) is 0 Å². The Morgan fingerprint density at radius 1 is 0.966 bits per heavy atom. The van der Waals surface area contributed by atoms with Crippen LogP contribution in [0.15, 0.2) is 12.4 Å². The number of hydrogen-bond acceptors (Lipinski definition) is 6. The molecule has 0 atom stereocenters. The Morgan fingerprint density at radius 2 is 1.69 bits per heavy atom. The molecule has 3 aliphatic rings. The number of fused-ring (bicyclic) bond motifs is 3. The third-order valence-electron chi connectivity index (χ3n) is 6.18. The number of likely N-dealkylation sites (tertiary alicyclic amines) is 1. The van der Waals surface area contributed by atoms with E-state index in [2.05, 4.69) is 9.88 Å². The lowest BCUT2D eigenvalue weighted by Gasteiger charge is -2.36. The molecule has 0 bridgehead atoms. The summed E-state index contributed by atoms with van der Waals surface area (Å²) in [6.07, 6.45) is 8.53. The van der Waals surface area contributed by atoms with Crippen LogP contribution in [0.2, 0.25) is 0 Å². The van der Waals surface area contributed by atoms with Gasteiger partial charge in [0.1, 0.15) is 12.1 Å². The van der Waals surface area contributed by atoms with Crippen molar-refractivity contribution < 1.29 is 14.4 Å². The minimum absolute atomic E-state index is 0.137. The molecule has 0 aromatic carbocycles. The molecule has 0 radical (unpaired) electrons. The largest absolute Gasteiger partial charge is 0.351 e. The number of imide groups is 1. The molecular weight excluding hydrogens is 372 g/mol. The standard InChI is InChI=1S/C20H24N6O3/c27-16-5-6-17(28)25(16)13-18(29)23-9-11-24(12-10-23)20-19-14-3-1-2-4-15(14)22-26(19)8-7-21-20/h7-8H,1-6,9-13H2. The molecule has 2 fully saturated rings. The number of carbonyl (C=O) groups is 3. The lowest BCUT2D eigenvalue weighted by molar-refractivity contribution is -0.145. The number of rotatable bonds is 3. The van der Waals surface area contributed by atoms with E-state index in [1.807, 2.05) is 10.7 Å². The predicted octanol–water partition coefficient (Wildman–Crippen LogP) is 0.406. The molecule has 1 aliphatic carbocycles. The number of aryl methyl sites for hydroxylation is 2. The van der Waals surface area contributed by atoms with Crippen LogP contribution in [0.5, 0.6) is 0 Å². The summed E-state index contributed by atoms with van der Waals surface area (Å²) in [5, 5.41) is 4.74. The number of amides is 3. The second-order valence-corrected chi connectivity index (χ2v) is 7.92. The summed E-state index contributed by atoms with van der Waals surface area (Å²) in [7, 11) is 0. The van der Waals surface area contributed by atoms with E-state index in [1.165, 1.54) is 24.1 Å². The molecule has 0 N–H and O–H groups in total. The van der Waals surface area contributed by atoms with Crippen molar-refractivity contribution in [2.24, 2.45) is 0 Å². The molecule has 0 saturated carbocycles. The van der Waals surface area contributed by atoms with Crippen LogP contribution in [0.25, 0.3) is 5.52 Å². The van der Waals surface area contributed by atoms with Crippen molar-refractivity contribution in [1.29, 1.82) is 0 Å². The van der Waals surface area contributed by atoms with Crippen molar-refractivity contribution in [3.05, 3.63) is 23.7 Å². The molecule has 0 spiro atoms. The van der Waals surface area contributed by atoms with E-state index in [0.29, 0.717) is 26.2 Å². The monoisotopic (exact) mass is 396 g/mol. The van der Waals surface area contributed by atoms with Gasteiger partial charge in [-0.05, 0) is 25.7 Å². The number of anilines is 1. The quantitative estimate of drug-likeness (QED) is 0.698. The first-order valence-electron chi connectivity index (χ1n) is 10.3. The number of piperazine rings is 1. The van der Waals surface area contributed by atoms with Crippen molar-refractivity contribution >= 4 is 29.1 Å². The maximum absolute atomic E-state index is 12.6. The van der Waals surface area contributed by atoms with E-state index in [0.717, 1.165) is 29.1 Å². The highest BCUT2D eigenvalue weighted by molar-refractivity contribution is 6.04. The van der Waals surface area contributed by atoms with E-state index in [-0.39, 0.29) is 37.1 Å². The van der Waals surface area contributed by atoms with Gasteiger partial charge in [-0.25, -0.2) is 9.50 Å². The van der Waals surface area contributed by atoms with Crippen LogP contribution in [-0.2, 0) is 27.2 Å². The van der Waals surface area contributed by atoms with Crippen molar-refractivity contribution in [2.75, 3.05) is 37.6 Å². The normalized spacial score (nSPS) is 19.9. The summed E-state index contributed by atoms with van der Waals surface area (Å²) in [6.45, 7) is 2.30. The number of hydrogen-bond donors (Lipinski definition) is 0. The van der Waals surface area contributed by atoms with Crippen LogP contribution >= 0.6 is 0 Å². The fraction of sp³-hybridized carbons (Fsp3) is 0.550. The fourth-order valence-electron chi connectivity index (χ4n) is 4.58. The number of aromatic nitrogens is 3. The highest BCUT2D eigenvalue weighted by Crippen LogP contribution is 2.30. The second-order valence-electron chi connectivity index (χ2n) is 7.92. The lowest BCUT2D eigenvalue weighted by Crippen LogP contribution is -2.52. The zero-order valence-electron chi connectivity index (χ0n) is 16.3. The number of nitrogens with zero attached hydrogens (tertiary/aromatic N) is 6. The summed E-state index contributed by atoms with van der Waals surface area (Å²) >= 11 is 0. The van der Waals surface area contributed by atoms with Crippen LogP contribution in [0.3, 0.4) is 0 Å². The molecule has 5 rings (SSSR count). The molecule has 3 amide bonds. The first-order valence-corrected chi connectivity index (χ1v) is 10.3. The van der Waals surface area contributed by atoms with Gasteiger partial charge in [0.2, 0.25) is 17.7 Å². The van der Waals surface area contributed by atoms with Gasteiger partial charge in [-0.3, -0.25) is 19.3 Å². The molecule has 2 aromatic rings. The fourth-order valence-corrected chi connectivity index (χ4v) is 4.58. The van der Waals surface area contributed by atoms with E-state index in [1.54, 1.807) is 11.1 Å². The summed E-state index contributed by atoms with van der Waals surface area (Å²) in [4.78, 5) is 45.8. The summed E-state index contributed by atoms with van der Waals surface area (Å²) in [5.41, 5.74) is 3.58. The molecule has 9 nitrogen and oxygen atoms in total. The molecule has 4 heterocycles. The molecule has 2 aromatic heterocycles. The molecule has 0 unspecified atom stereocenters. The van der Waals surface area contributed by atoms with Gasteiger partial charge in [0.05, 0.1) is 5.69 Å². The average Bonchev–Trinajstić information content (AvgIpc) is 3.28. The van der Waals surface area contributed by atoms with E-state index in [4.69, 9.17) is 5.10 Å². The van der Waals surface area contributed by atoms with Gasteiger partial charge in [-0.2, -0.15) is 5.10 Å². The van der Waals surface area contributed by atoms with Crippen LogP contribution in [0.4, 0.5) is 5.82 Å². The van der Waals surface area contributed by atoms with Gasteiger partial charge in [0, 0.05) is 57.0 Å². The van der Waals surface area contributed by atoms with Gasteiger partial charge >= 0.3 is 0 Å².